The molecule has 2 unspecified atom stereocenters. The van der Waals surface area contributed by atoms with Crippen molar-refractivity contribution in [2.75, 3.05) is 6.54 Å². The van der Waals surface area contributed by atoms with Crippen LogP contribution in [0, 0.1) is 45.8 Å². The second kappa shape index (κ2) is 6.11. The van der Waals surface area contributed by atoms with Crippen molar-refractivity contribution in [3.05, 3.63) is 0 Å². The van der Waals surface area contributed by atoms with Crippen molar-refractivity contribution in [1.29, 1.82) is 10.5 Å². The molecular formula is C18H24FN3O. The first-order valence-electron chi connectivity index (χ1n) is 8.67. The Morgan fingerprint density at radius 2 is 1.87 bits per heavy atom. The van der Waals surface area contributed by atoms with E-state index in [1.807, 2.05) is 6.07 Å². The number of likely N-dealkylation sites (tertiary alicyclic amines) is 1. The number of rotatable bonds is 3. The molecule has 1 aliphatic heterocycles. The van der Waals surface area contributed by atoms with E-state index in [4.69, 9.17) is 10.5 Å². The molecule has 0 aromatic heterocycles. The molecule has 5 heteroatoms. The number of carbonyl (C=O) groups excluding carboxylic acids is 1. The largest absolute Gasteiger partial charge is 0.324 e. The predicted octanol–water partition coefficient (Wildman–Crippen LogP) is 3.20. The number of nitriles is 2. The summed E-state index contributed by atoms with van der Waals surface area (Å²) < 4.78 is 13.4. The minimum atomic E-state index is -1.06. The average Bonchev–Trinajstić information content (AvgIpc) is 3.15. The molecule has 1 heterocycles. The Labute approximate surface area is 137 Å². The number of carbonyl (C=O) groups is 1. The SMILES string of the molecule is CC1(CCC(=O)N2C[C@@H](F)C[C@H]2C#N)C[C@H]2CC(C#N)C[C@H]2C1. The van der Waals surface area contributed by atoms with Crippen LogP contribution in [0.1, 0.15) is 51.9 Å². The van der Waals surface area contributed by atoms with Gasteiger partial charge in [0.05, 0.1) is 18.7 Å². The highest BCUT2D eigenvalue weighted by Gasteiger charge is 2.47. The van der Waals surface area contributed by atoms with Crippen molar-refractivity contribution in [1.82, 2.24) is 4.90 Å². The number of nitrogens with zero attached hydrogens (tertiary/aromatic N) is 3. The van der Waals surface area contributed by atoms with E-state index >= 15 is 0 Å². The number of fused-ring (bicyclic) bond motifs is 1. The summed E-state index contributed by atoms with van der Waals surface area (Å²) in [7, 11) is 0. The minimum Gasteiger partial charge on any atom is -0.324 e. The van der Waals surface area contributed by atoms with Crippen LogP contribution in [0.4, 0.5) is 4.39 Å². The van der Waals surface area contributed by atoms with Crippen LogP contribution in [-0.4, -0.2) is 29.6 Å². The zero-order valence-corrected chi connectivity index (χ0v) is 13.7. The lowest BCUT2D eigenvalue weighted by atomic mass is 9.80. The molecule has 4 nitrogen and oxygen atoms in total. The lowest BCUT2D eigenvalue weighted by molar-refractivity contribution is -0.132. The van der Waals surface area contributed by atoms with Gasteiger partial charge in [0, 0.05) is 18.8 Å². The second-order valence-electron chi connectivity index (χ2n) is 8.06. The Morgan fingerprint density at radius 3 is 2.43 bits per heavy atom. The molecular weight excluding hydrogens is 293 g/mol. The summed E-state index contributed by atoms with van der Waals surface area (Å²) in [5.74, 6) is 1.41. The quantitative estimate of drug-likeness (QED) is 0.802. The predicted molar refractivity (Wildman–Crippen MR) is 82.5 cm³/mol. The second-order valence-corrected chi connectivity index (χ2v) is 8.06. The van der Waals surface area contributed by atoms with Crippen LogP contribution in [0.5, 0.6) is 0 Å². The standard InChI is InChI=1S/C18H24FN3O/c1-18(7-13-4-12(9-20)5-14(13)8-18)3-2-17(23)22-11-15(19)6-16(22)10-21/h12-16H,2-8,11H2,1H3/t12?,13-,14+,15-,16-,18?/m0/s1. The maximum absolute atomic E-state index is 13.4. The summed E-state index contributed by atoms with van der Waals surface area (Å²) in [5.41, 5.74) is 0.155. The van der Waals surface area contributed by atoms with E-state index in [1.54, 1.807) is 0 Å². The Bertz CT molecular complexity index is 550. The Hall–Kier alpha value is -1.62. The molecule has 1 saturated heterocycles. The first-order valence-corrected chi connectivity index (χ1v) is 8.67. The van der Waals surface area contributed by atoms with E-state index in [-0.39, 0.29) is 30.2 Å². The molecule has 2 saturated carbocycles. The van der Waals surface area contributed by atoms with E-state index < -0.39 is 12.2 Å². The van der Waals surface area contributed by atoms with E-state index in [0.717, 1.165) is 32.1 Å². The number of amides is 1. The van der Waals surface area contributed by atoms with Crippen molar-refractivity contribution in [2.45, 2.75) is 64.1 Å². The minimum absolute atomic E-state index is 0.0723. The van der Waals surface area contributed by atoms with Crippen molar-refractivity contribution in [3.8, 4) is 12.1 Å². The molecule has 0 spiro atoms. The maximum Gasteiger partial charge on any atom is 0.223 e. The van der Waals surface area contributed by atoms with Gasteiger partial charge in [0.15, 0.2) is 0 Å². The lowest BCUT2D eigenvalue weighted by Crippen LogP contribution is -2.35. The third kappa shape index (κ3) is 3.20. The van der Waals surface area contributed by atoms with Crippen molar-refractivity contribution in [3.63, 3.8) is 0 Å². The third-order valence-corrected chi connectivity index (χ3v) is 6.20. The van der Waals surface area contributed by atoms with E-state index in [0.29, 0.717) is 18.3 Å². The highest BCUT2D eigenvalue weighted by Crippen LogP contribution is 2.56. The molecule has 124 valence electrons. The first kappa shape index (κ1) is 16.2. The zero-order valence-electron chi connectivity index (χ0n) is 13.7. The van der Waals surface area contributed by atoms with Gasteiger partial charge in [-0.3, -0.25) is 4.79 Å². The van der Waals surface area contributed by atoms with Crippen LogP contribution in [0.25, 0.3) is 0 Å². The van der Waals surface area contributed by atoms with Crippen molar-refractivity contribution < 1.29 is 9.18 Å². The van der Waals surface area contributed by atoms with Gasteiger partial charge in [-0.25, -0.2) is 4.39 Å². The topological polar surface area (TPSA) is 67.9 Å². The van der Waals surface area contributed by atoms with Crippen LogP contribution in [0.3, 0.4) is 0 Å². The molecule has 1 amide bonds. The number of alkyl halides is 1. The molecule has 0 aromatic carbocycles. The van der Waals surface area contributed by atoms with Gasteiger partial charge in [-0.1, -0.05) is 6.92 Å². The van der Waals surface area contributed by atoms with Crippen LogP contribution in [-0.2, 0) is 4.79 Å². The van der Waals surface area contributed by atoms with Gasteiger partial charge in [0.1, 0.15) is 12.2 Å². The molecule has 0 aromatic rings. The summed E-state index contributed by atoms with van der Waals surface area (Å²) in [5, 5.41) is 18.1. The normalized spacial score (nSPS) is 42.3. The smallest absolute Gasteiger partial charge is 0.223 e. The number of hydrogen-bond acceptors (Lipinski definition) is 3. The third-order valence-electron chi connectivity index (χ3n) is 6.20. The Balaban J connectivity index is 1.52. The van der Waals surface area contributed by atoms with Crippen LogP contribution in [0.2, 0.25) is 0 Å². The summed E-state index contributed by atoms with van der Waals surface area (Å²) in [6.45, 7) is 2.31. The summed E-state index contributed by atoms with van der Waals surface area (Å²) in [4.78, 5) is 13.8. The van der Waals surface area contributed by atoms with Crippen LogP contribution >= 0.6 is 0 Å². The lowest BCUT2D eigenvalue weighted by Gasteiger charge is -2.27. The fourth-order valence-electron chi connectivity index (χ4n) is 5.11. The number of halogens is 1. The Kier molecular flexibility index (Phi) is 4.32. The highest BCUT2D eigenvalue weighted by atomic mass is 19.1. The van der Waals surface area contributed by atoms with Gasteiger partial charge < -0.3 is 4.90 Å². The van der Waals surface area contributed by atoms with Crippen LogP contribution < -0.4 is 0 Å². The zero-order chi connectivity index (χ0) is 16.6. The van der Waals surface area contributed by atoms with Crippen molar-refractivity contribution in [2.24, 2.45) is 23.2 Å². The molecule has 6 atom stereocenters. The monoisotopic (exact) mass is 317 g/mol. The van der Waals surface area contributed by atoms with Crippen molar-refractivity contribution >= 4 is 5.91 Å². The molecule has 2 aliphatic carbocycles. The van der Waals surface area contributed by atoms with Crippen LogP contribution in [0.15, 0.2) is 0 Å². The summed E-state index contributed by atoms with van der Waals surface area (Å²) in [6.07, 6.45) is 4.51. The molecule has 3 rings (SSSR count). The van der Waals surface area contributed by atoms with Gasteiger partial charge in [0.25, 0.3) is 0 Å². The summed E-state index contributed by atoms with van der Waals surface area (Å²) in [6, 6.07) is 3.84. The molecule has 0 N–H and O–H groups in total. The fraction of sp³-hybridized carbons (Fsp3) is 0.833. The molecule has 3 fully saturated rings. The molecule has 3 aliphatic rings. The first-order chi connectivity index (χ1) is 10.9. The fourth-order valence-corrected chi connectivity index (χ4v) is 5.11. The van der Waals surface area contributed by atoms with E-state index in [1.165, 1.54) is 4.90 Å². The molecule has 0 radical (unpaired) electrons. The molecule has 23 heavy (non-hydrogen) atoms. The Morgan fingerprint density at radius 1 is 1.22 bits per heavy atom. The highest BCUT2D eigenvalue weighted by molar-refractivity contribution is 5.77. The number of hydrogen-bond donors (Lipinski definition) is 0. The van der Waals surface area contributed by atoms with E-state index in [9.17, 15) is 9.18 Å². The van der Waals surface area contributed by atoms with E-state index in [2.05, 4.69) is 13.0 Å². The van der Waals surface area contributed by atoms with Gasteiger partial charge in [-0.2, -0.15) is 10.5 Å². The maximum atomic E-state index is 13.4. The van der Waals surface area contributed by atoms with Gasteiger partial charge in [0.2, 0.25) is 5.91 Å². The van der Waals surface area contributed by atoms with Gasteiger partial charge in [-0.15, -0.1) is 0 Å². The van der Waals surface area contributed by atoms with Gasteiger partial charge in [-0.05, 0) is 49.4 Å². The van der Waals surface area contributed by atoms with Gasteiger partial charge >= 0.3 is 0 Å². The summed E-state index contributed by atoms with van der Waals surface area (Å²) >= 11 is 0. The average molecular weight is 317 g/mol. The molecule has 0 bridgehead atoms.